The zero-order valence-electron chi connectivity index (χ0n) is 15.1. The van der Waals surface area contributed by atoms with E-state index >= 15 is 0 Å². The predicted octanol–water partition coefficient (Wildman–Crippen LogP) is 4.35. The van der Waals surface area contributed by atoms with Crippen LogP contribution >= 0.6 is 0 Å². The van der Waals surface area contributed by atoms with Crippen molar-refractivity contribution in [3.63, 3.8) is 0 Å². The minimum Gasteiger partial charge on any atom is -0.481 e. The van der Waals surface area contributed by atoms with Gasteiger partial charge in [0.05, 0.1) is 29.4 Å². The normalized spacial score (nSPS) is 17.4. The van der Waals surface area contributed by atoms with Gasteiger partial charge in [0.25, 0.3) is 0 Å². The van der Waals surface area contributed by atoms with Crippen molar-refractivity contribution in [2.45, 2.75) is 25.5 Å². The molecular formula is C21H20N4O2. The molecule has 0 amide bonds. The Bertz CT molecular complexity index is 1120. The lowest BCUT2D eigenvalue weighted by molar-refractivity contribution is -0.0365. The summed E-state index contributed by atoms with van der Waals surface area (Å²) in [5, 5.41) is 5.99. The Morgan fingerprint density at radius 1 is 1.00 bits per heavy atom. The summed E-state index contributed by atoms with van der Waals surface area (Å²) < 4.78 is 13.2. The van der Waals surface area contributed by atoms with E-state index in [2.05, 4.69) is 17.1 Å². The van der Waals surface area contributed by atoms with Crippen molar-refractivity contribution in [3.8, 4) is 17.3 Å². The van der Waals surface area contributed by atoms with E-state index in [1.807, 2.05) is 41.1 Å². The minimum absolute atomic E-state index is 0.0104. The molecule has 1 unspecified atom stereocenters. The van der Waals surface area contributed by atoms with Gasteiger partial charge in [-0.1, -0.05) is 18.2 Å². The molecule has 5 rings (SSSR count). The van der Waals surface area contributed by atoms with Crippen LogP contribution in [0.3, 0.4) is 0 Å². The highest BCUT2D eigenvalue weighted by Gasteiger charge is 2.22. The van der Waals surface area contributed by atoms with Gasteiger partial charge in [-0.05, 0) is 43.5 Å². The van der Waals surface area contributed by atoms with Gasteiger partial charge in [0.2, 0.25) is 5.88 Å². The summed E-state index contributed by atoms with van der Waals surface area (Å²) >= 11 is 0. The molecule has 6 heteroatoms. The third-order valence-corrected chi connectivity index (χ3v) is 5.01. The van der Waals surface area contributed by atoms with E-state index in [1.54, 1.807) is 7.11 Å². The molecule has 0 N–H and O–H groups in total. The number of hydrogen-bond acceptors (Lipinski definition) is 5. The summed E-state index contributed by atoms with van der Waals surface area (Å²) in [6.45, 7) is 0.788. The van der Waals surface area contributed by atoms with Crippen LogP contribution in [0.25, 0.3) is 33.3 Å². The van der Waals surface area contributed by atoms with Gasteiger partial charge < -0.3 is 9.47 Å². The zero-order valence-corrected chi connectivity index (χ0v) is 15.1. The smallest absolute Gasteiger partial charge is 0.213 e. The molecule has 1 saturated heterocycles. The Balaban J connectivity index is 1.65. The lowest BCUT2D eigenvalue weighted by Gasteiger charge is -2.23. The molecule has 1 aliphatic heterocycles. The van der Waals surface area contributed by atoms with Crippen LogP contribution < -0.4 is 4.74 Å². The fourth-order valence-corrected chi connectivity index (χ4v) is 3.65. The molecule has 4 heterocycles. The van der Waals surface area contributed by atoms with E-state index in [0.717, 1.165) is 59.2 Å². The molecule has 1 atom stereocenters. The summed E-state index contributed by atoms with van der Waals surface area (Å²) in [5.74, 6) is 0.584. The van der Waals surface area contributed by atoms with Crippen LogP contribution in [0.1, 0.15) is 25.5 Å². The van der Waals surface area contributed by atoms with Crippen LogP contribution in [0.4, 0.5) is 0 Å². The van der Waals surface area contributed by atoms with Gasteiger partial charge in [0, 0.05) is 18.1 Å². The van der Waals surface area contributed by atoms with Gasteiger partial charge in [-0.2, -0.15) is 5.10 Å². The van der Waals surface area contributed by atoms with E-state index < -0.39 is 0 Å². The highest BCUT2D eigenvalue weighted by atomic mass is 16.5. The van der Waals surface area contributed by atoms with Crippen molar-refractivity contribution in [2.24, 2.45) is 0 Å². The highest BCUT2D eigenvalue weighted by molar-refractivity contribution is 5.93. The predicted molar refractivity (Wildman–Crippen MR) is 104 cm³/mol. The first-order chi connectivity index (χ1) is 13.3. The number of fused-ring (bicyclic) bond motifs is 2. The summed E-state index contributed by atoms with van der Waals surface area (Å²) in [6, 6.07) is 15.9. The second-order valence-corrected chi connectivity index (χ2v) is 6.72. The molecule has 0 bridgehead atoms. The van der Waals surface area contributed by atoms with Crippen LogP contribution in [0.15, 0.2) is 48.5 Å². The van der Waals surface area contributed by atoms with Gasteiger partial charge in [-0.3, -0.25) is 0 Å². The Morgan fingerprint density at radius 3 is 2.70 bits per heavy atom. The Kier molecular flexibility index (Phi) is 3.98. The maximum atomic E-state index is 5.97. The van der Waals surface area contributed by atoms with Crippen molar-refractivity contribution in [1.82, 2.24) is 19.7 Å². The number of aromatic nitrogens is 4. The quantitative estimate of drug-likeness (QED) is 0.543. The van der Waals surface area contributed by atoms with E-state index in [0.29, 0.717) is 5.88 Å². The summed E-state index contributed by atoms with van der Waals surface area (Å²) in [4.78, 5) is 9.23. The molecule has 0 radical (unpaired) electrons. The molecule has 6 nitrogen and oxygen atoms in total. The van der Waals surface area contributed by atoms with E-state index in [-0.39, 0.29) is 6.23 Å². The Morgan fingerprint density at radius 2 is 1.85 bits per heavy atom. The monoisotopic (exact) mass is 360 g/mol. The molecule has 136 valence electrons. The molecule has 3 aromatic heterocycles. The Hall–Kier alpha value is -2.99. The molecule has 27 heavy (non-hydrogen) atoms. The van der Waals surface area contributed by atoms with Crippen LogP contribution in [0.5, 0.6) is 5.88 Å². The minimum atomic E-state index is -0.0104. The SMILES string of the molecule is COc1ccc2nc(-c3nn(C4CCCCO4)c4ccccc34)ccc2n1. The lowest BCUT2D eigenvalue weighted by Crippen LogP contribution is -2.19. The molecule has 1 aromatic carbocycles. The molecule has 0 saturated carbocycles. The average molecular weight is 360 g/mol. The average Bonchev–Trinajstić information content (AvgIpc) is 3.13. The van der Waals surface area contributed by atoms with E-state index in [4.69, 9.17) is 19.6 Å². The van der Waals surface area contributed by atoms with Crippen LogP contribution in [-0.2, 0) is 4.74 Å². The molecule has 0 aliphatic carbocycles. The van der Waals surface area contributed by atoms with Gasteiger partial charge in [-0.15, -0.1) is 0 Å². The lowest BCUT2D eigenvalue weighted by atomic mass is 10.1. The first-order valence-corrected chi connectivity index (χ1v) is 9.24. The number of para-hydroxylation sites is 1. The van der Waals surface area contributed by atoms with Crippen molar-refractivity contribution in [3.05, 3.63) is 48.5 Å². The van der Waals surface area contributed by atoms with Crippen LogP contribution in [0, 0.1) is 0 Å². The van der Waals surface area contributed by atoms with Crippen LogP contribution in [-0.4, -0.2) is 33.5 Å². The van der Waals surface area contributed by atoms with Crippen molar-refractivity contribution in [2.75, 3.05) is 13.7 Å². The third kappa shape index (κ3) is 2.82. The summed E-state index contributed by atoms with van der Waals surface area (Å²) in [5.41, 5.74) is 4.41. The number of benzene rings is 1. The van der Waals surface area contributed by atoms with Crippen molar-refractivity contribution in [1.29, 1.82) is 0 Å². The molecular weight excluding hydrogens is 340 g/mol. The number of methoxy groups -OCH3 is 1. The molecule has 1 aliphatic rings. The first kappa shape index (κ1) is 16.2. The fourth-order valence-electron chi connectivity index (χ4n) is 3.65. The summed E-state index contributed by atoms with van der Waals surface area (Å²) in [7, 11) is 1.61. The standard InChI is InChI=1S/C21H20N4O2/c1-26-19-12-11-15-16(23-19)9-10-17(22-15)21-14-6-2-3-7-18(14)25(24-21)20-8-4-5-13-27-20/h2-3,6-7,9-12,20H,4-5,8,13H2,1H3. The van der Waals surface area contributed by atoms with E-state index in [1.165, 1.54) is 0 Å². The van der Waals surface area contributed by atoms with Gasteiger partial charge in [0.15, 0.2) is 6.23 Å². The molecule has 4 aromatic rings. The molecule has 1 fully saturated rings. The van der Waals surface area contributed by atoms with Crippen LogP contribution in [0.2, 0.25) is 0 Å². The maximum Gasteiger partial charge on any atom is 0.213 e. The Labute approximate surface area is 156 Å². The van der Waals surface area contributed by atoms with Crippen molar-refractivity contribution >= 4 is 21.9 Å². The topological polar surface area (TPSA) is 62.1 Å². The van der Waals surface area contributed by atoms with Gasteiger partial charge in [-0.25, -0.2) is 14.6 Å². The summed E-state index contributed by atoms with van der Waals surface area (Å²) in [6.07, 6.45) is 3.25. The maximum absolute atomic E-state index is 5.97. The largest absolute Gasteiger partial charge is 0.481 e. The number of ether oxygens (including phenoxy) is 2. The van der Waals surface area contributed by atoms with Crippen molar-refractivity contribution < 1.29 is 9.47 Å². The number of hydrogen-bond donors (Lipinski definition) is 0. The second-order valence-electron chi connectivity index (χ2n) is 6.72. The van der Waals surface area contributed by atoms with Gasteiger partial charge in [0.1, 0.15) is 5.69 Å². The highest BCUT2D eigenvalue weighted by Crippen LogP contribution is 2.32. The number of rotatable bonds is 3. The second kappa shape index (κ2) is 6.63. The fraction of sp³-hybridized carbons (Fsp3) is 0.286. The number of nitrogens with zero attached hydrogens (tertiary/aromatic N) is 4. The molecule has 0 spiro atoms. The third-order valence-electron chi connectivity index (χ3n) is 5.01. The number of pyridine rings is 2. The first-order valence-electron chi connectivity index (χ1n) is 9.24. The zero-order chi connectivity index (χ0) is 18.2. The van der Waals surface area contributed by atoms with E-state index in [9.17, 15) is 0 Å². The van der Waals surface area contributed by atoms with Gasteiger partial charge >= 0.3 is 0 Å².